The predicted molar refractivity (Wildman–Crippen MR) is 42.8 cm³/mol. The van der Waals surface area contributed by atoms with Crippen LogP contribution in [-0.2, 0) is 9.53 Å². The standard InChI is InChI=1S/C8H10O5/c9-3-1-5-7(11)6(2-4-10)13-8(5)12/h1-2,4,6-7,9-11H,3H2/b4-2-,5-1-. The topological polar surface area (TPSA) is 87.0 Å². The summed E-state index contributed by atoms with van der Waals surface area (Å²) < 4.78 is 4.66. The summed E-state index contributed by atoms with van der Waals surface area (Å²) in [7, 11) is 0. The fraction of sp³-hybridized carbons (Fsp3) is 0.375. The van der Waals surface area contributed by atoms with Crippen LogP contribution in [0.5, 0.6) is 0 Å². The first-order valence-corrected chi connectivity index (χ1v) is 3.71. The van der Waals surface area contributed by atoms with Crippen LogP contribution in [0.3, 0.4) is 0 Å². The van der Waals surface area contributed by atoms with Gasteiger partial charge in [-0.15, -0.1) is 0 Å². The molecule has 72 valence electrons. The lowest BCUT2D eigenvalue weighted by Crippen LogP contribution is -2.19. The van der Waals surface area contributed by atoms with Crippen LogP contribution in [0, 0.1) is 0 Å². The molecular weight excluding hydrogens is 176 g/mol. The van der Waals surface area contributed by atoms with Crippen molar-refractivity contribution in [1.29, 1.82) is 0 Å². The number of aliphatic hydroxyl groups excluding tert-OH is 3. The lowest BCUT2D eigenvalue weighted by molar-refractivity contribution is -0.137. The third-order valence-corrected chi connectivity index (χ3v) is 1.70. The van der Waals surface area contributed by atoms with Gasteiger partial charge in [0.15, 0.2) is 6.10 Å². The second-order valence-electron chi connectivity index (χ2n) is 2.50. The van der Waals surface area contributed by atoms with Gasteiger partial charge in [0, 0.05) is 0 Å². The van der Waals surface area contributed by atoms with Crippen molar-refractivity contribution in [2.24, 2.45) is 0 Å². The number of esters is 1. The summed E-state index contributed by atoms with van der Waals surface area (Å²) in [5.74, 6) is -0.676. The maximum Gasteiger partial charge on any atom is 0.337 e. The molecule has 0 saturated carbocycles. The highest BCUT2D eigenvalue weighted by molar-refractivity contribution is 5.92. The van der Waals surface area contributed by atoms with Gasteiger partial charge in [-0.25, -0.2) is 4.79 Å². The molecule has 0 aromatic heterocycles. The summed E-state index contributed by atoms with van der Waals surface area (Å²) in [5.41, 5.74) is 0.0191. The smallest absolute Gasteiger partial charge is 0.337 e. The van der Waals surface area contributed by atoms with Crippen LogP contribution >= 0.6 is 0 Å². The van der Waals surface area contributed by atoms with E-state index in [1.165, 1.54) is 6.08 Å². The molecule has 0 bridgehead atoms. The number of rotatable bonds is 2. The molecule has 1 saturated heterocycles. The lowest BCUT2D eigenvalue weighted by atomic mass is 10.1. The molecule has 2 atom stereocenters. The molecule has 5 heteroatoms. The average Bonchev–Trinajstić information content (AvgIpc) is 2.34. The van der Waals surface area contributed by atoms with Crippen molar-refractivity contribution in [1.82, 2.24) is 0 Å². The number of cyclic esters (lactones) is 1. The summed E-state index contributed by atoms with van der Waals surface area (Å²) >= 11 is 0. The van der Waals surface area contributed by atoms with E-state index in [4.69, 9.17) is 10.2 Å². The van der Waals surface area contributed by atoms with Crippen LogP contribution in [0.25, 0.3) is 0 Å². The summed E-state index contributed by atoms with van der Waals surface area (Å²) in [4.78, 5) is 11.0. The van der Waals surface area contributed by atoms with Crippen molar-refractivity contribution in [2.45, 2.75) is 12.2 Å². The van der Waals surface area contributed by atoms with Gasteiger partial charge < -0.3 is 20.1 Å². The molecule has 0 radical (unpaired) electrons. The average molecular weight is 186 g/mol. The monoisotopic (exact) mass is 186 g/mol. The van der Waals surface area contributed by atoms with Crippen LogP contribution < -0.4 is 0 Å². The van der Waals surface area contributed by atoms with Crippen molar-refractivity contribution in [3.8, 4) is 0 Å². The van der Waals surface area contributed by atoms with Gasteiger partial charge in [-0.2, -0.15) is 0 Å². The zero-order valence-electron chi connectivity index (χ0n) is 6.75. The van der Waals surface area contributed by atoms with E-state index in [9.17, 15) is 9.90 Å². The SMILES string of the molecule is O=C1OC(/C=C\O)C(O)/C1=C/CO. The number of carbonyl (C=O) groups is 1. The van der Waals surface area contributed by atoms with E-state index in [0.29, 0.717) is 6.26 Å². The summed E-state index contributed by atoms with van der Waals surface area (Å²) in [6.07, 6.45) is 1.04. The minimum absolute atomic E-state index is 0.0191. The first-order chi connectivity index (χ1) is 6.20. The molecule has 0 spiro atoms. The Kier molecular flexibility index (Phi) is 3.05. The van der Waals surface area contributed by atoms with E-state index < -0.39 is 18.2 Å². The molecule has 1 heterocycles. The van der Waals surface area contributed by atoms with Crippen molar-refractivity contribution in [3.05, 3.63) is 24.0 Å². The Hall–Kier alpha value is -1.33. The van der Waals surface area contributed by atoms with Crippen LogP contribution in [0.15, 0.2) is 24.0 Å². The molecule has 3 N–H and O–H groups in total. The molecule has 1 aliphatic heterocycles. The first-order valence-electron chi connectivity index (χ1n) is 3.71. The number of ether oxygens (including phenoxy) is 1. The number of aliphatic hydroxyl groups is 3. The van der Waals surface area contributed by atoms with Gasteiger partial charge in [0.05, 0.1) is 18.4 Å². The Labute approximate surface area is 74.6 Å². The van der Waals surface area contributed by atoms with Crippen LogP contribution in [0.1, 0.15) is 0 Å². The van der Waals surface area contributed by atoms with Crippen molar-refractivity contribution < 1.29 is 24.9 Å². The normalized spacial score (nSPS) is 31.5. The molecule has 2 unspecified atom stereocenters. The number of hydrogen-bond donors (Lipinski definition) is 3. The van der Waals surface area contributed by atoms with Gasteiger partial charge in [0.1, 0.15) is 6.10 Å². The summed E-state index contributed by atoms with van der Waals surface area (Å²) in [6, 6.07) is 0. The Morgan fingerprint density at radius 2 is 2.23 bits per heavy atom. The van der Waals surface area contributed by atoms with Crippen molar-refractivity contribution >= 4 is 5.97 Å². The van der Waals surface area contributed by atoms with Crippen LogP contribution in [0.2, 0.25) is 0 Å². The van der Waals surface area contributed by atoms with Gasteiger partial charge in [-0.1, -0.05) is 0 Å². The molecule has 0 aromatic rings. The quantitative estimate of drug-likeness (QED) is 0.300. The van der Waals surface area contributed by atoms with Gasteiger partial charge in [-0.3, -0.25) is 0 Å². The number of hydrogen-bond acceptors (Lipinski definition) is 5. The maximum atomic E-state index is 11.0. The predicted octanol–water partition coefficient (Wildman–Crippen LogP) is -0.737. The highest BCUT2D eigenvalue weighted by Gasteiger charge is 2.36. The zero-order valence-corrected chi connectivity index (χ0v) is 6.75. The van der Waals surface area contributed by atoms with E-state index in [1.807, 2.05) is 0 Å². The van der Waals surface area contributed by atoms with E-state index in [0.717, 1.165) is 6.08 Å². The maximum absolute atomic E-state index is 11.0. The largest absolute Gasteiger partial charge is 0.516 e. The molecular formula is C8H10O5. The Bertz CT molecular complexity index is 255. The Morgan fingerprint density at radius 1 is 1.54 bits per heavy atom. The highest BCUT2D eigenvalue weighted by Crippen LogP contribution is 2.21. The summed E-state index contributed by atoms with van der Waals surface area (Å²) in [6.45, 7) is -0.336. The minimum Gasteiger partial charge on any atom is -0.516 e. The minimum atomic E-state index is -1.12. The Morgan fingerprint density at radius 3 is 2.77 bits per heavy atom. The van der Waals surface area contributed by atoms with Gasteiger partial charge in [0.2, 0.25) is 0 Å². The zero-order chi connectivity index (χ0) is 9.84. The van der Waals surface area contributed by atoms with Gasteiger partial charge in [-0.05, 0) is 12.2 Å². The van der Waals surface area contributed by atoms with Crippen molar-refractivity contribution in [3.63, 3.8) is 0 Å². The number of carbonyl (C=O) groups excluding carboxylic acids is 1. The fourth-order valence-electron chi connectivity index (χ4n) is 1.09. The highest BCUT2D eigenvalue weighted by atomic mass is 16.6. The van der Waals surface area contributed by atoms with E-state index in [1.54, 1.807) is 0 Å². The molecule has 13 heavy (non-hydrogen) atoms. The Balaban J connectivity index is 2.81. The molecule has 5 nitrogen and oxygen atoms in total. The molecule has 1 fully saturated rings. The summed E-state index contributed by atoms with van der Waals surface area (Å²) in [5, 5.41) is 26.3. The van der Waals surface area contributed by atoms with Gasteiger partial charge in [0.25, 0.3) is 0 Å². The second-order valence-corrected chi connectivity index (χ2v) is 2.50. The molecule has 0 aliphatic carbocycles. The van der Waals surface area contributed by atoms with Gasteiger partial charge >= 0.3 is 5.97 Å². The van der Waals surface area contributed by atoms with Crippen molar-refractivity contribution in [2.75, 3.05) is 6.61 Å². The van der Waals surface area contributed by atoms with Crippen LogP contribution in [0.4, 0.5) is 0 Å². The molecule has 0 amide bonds. The van der Waals surface area contributed by atoms with E-state index >= 15 is 0 Å². The lowest BCUT2D eigenvalue weighted by Gasteiger charge is -2.05. The van der Waals surface area contributed by atoms with Crippen LogP contribution in [-0.4, -0.2) is 40.1 Å². The first kappa shape index (κ1) is 9.76. The third kappa shape index (κ3) is 1.88. The van der Waals surface area contributed by atoms with E-state index in [-0.39, 0.29) is 12.2 Å². The molecule has 1 rings (SSSR count). The third-order valence-electron chi connectivity index (χ3n) is 1.70. The fourth-order valence-corrected chi connectivity index (χ4v) is 1.09. The van der Waals surface area contributed by atoms with E-state index in [2.05, 4.69) is 4.74 Å². The second kappa shape index (κ2) is 4.06. The molecule has 0 aromatic carbocycles. The molecule has 1 aliphatic rings.